The van der Waals surface area contributed by atoms with Gasteiger partial charge in [-0.3, -0.25) is 4.79 Å². The van der Waals surface area contributed by atoms with Gasteiger partial charge in [0, 0.05) is 26.2 Å². The zero-order valence-electron chi connectivity index (χ0n) is 10.3. The third-order valence-corrected chi connectivity index (χ3v) is 3.74. The molecule has 1 rings (SSSR count). The van der Waals surface area contributed by atoms with E-state index in [0.29, 0.717) is 6.42 Å². The Morgan fingerprint density at radius 1 is 1.61 bits per heavy atom. The molecule has 0 radical (unpaired) electrons. The molecule has 0 aromatic carbocycles. The highest BCUT2D eigenvalue weighted by molar-refractivity contribution is 7.89. The number of carboxylic acids is 1. The Hall–Kier alpha value is -1.41. The summed E-state index contributed by atoms with van der Waals surface area (Å²) in [5.74, 6) is -0.922. The van der Waals surface area contributed by atoms with Crippen LogP contribution in [0.3, 0.4) is 0 Å². The molecule has 18 heavy (non-hydrogen) atoms. The van der Waals surface area contributed by atoms with E-state index in [2.05, 4.69) is 9.71 Å². The number of aryl methyl sites for hydroxylation is 1. The molecule has 0 bridgehead atoms. The van der Waals surface area contributed by atoms with Crippen molar-refractivity contribution < 1.29 is 18.3 Å². The highest BCUT2D eigenvalue weighted by Gasteiger charge is 2.17. The van der Waals surface area contributed by atoms with Gasteiger partial charge in [0.2, 0.25) is 0 Å². The third kappa shape index (κ3) is 4.46. The van der Waals surface area contributed by atoms with E-state index in [9.17, 15) is 13.2 Å². The number of carbonyl (C=O) groups is 1. The van der Waals surface area contributed by atoms with Crippen LogP contribution in [0.1, 0.15) is 19.8 Å². The molecule has 0 saturated carbocycles. The van der Waals surface area contributed by atoms with Crippen LogP contribution < -0.4 is 4.72 Å². The number of hydrogen-bond donors (Lipinski definition) is 2. The summed E-state index contributed by atoms with van der Waals surface area (Å²) in [5, 5.41) is 8.49. The molecular formula is C10H17N3O4S. The predicted molar refractivity (Wildman–Crippen MR) is 64.4 cm³/mol. The van der Waals surface area contributed by atoms with Crippen molar-refractivity contribution in [3.63, 3.8) is 0 Å². The summed E-state index contributed by atoms with van der Waals surface area (Å²) in [6, 6.07) is 0. The standard InChI is InChI=1S/C10H17N3O4S/c1-8(3-4-10(14)15)5-12-18(16,17)9-6-13(2)7-11-9/h6-8,12H,3-5H2,1-2H3,(H,14,15). The second-order valence-electron chi connectivity index (χ2n) is 4.27. The number of nitrogens with one attached hydrogen (secondary N) is 1. The molecule has 0 spiro atoms. The van der Waals surface area contributed by atoms with Crippen LogP contribution in [0.25, 0.3) is 0 Å². The van der Waals surface area contributed by atoms with E-state index in [0.717, 1.165) is 0 Å². The van der Waals surface area contributed by atoms with Gasteiger partial charge in [0.1, 0.15) is 0 Å². The van der Waals surface area contributed by atoms with Crippen molar-refractivity contribution in [2.45, 2.75) is 24.8 Å². The van der Waals surface area contributed by atoms with Gasteiger partial charge in [0.15, 0.2) is 5.03 Å². The third-order valence-electron chi connectivity index (χ3n) is 2.43. The van der Waals surface area contributed by atoms with Gasteiger partial charge in [-0.25, -0.2) is 18.1 Å². The minimum Gasteiger partial charge on any atom is -0.481 e. The number of aromatic nitrogens is 2. The number of aliphatic carboxylic acids is 1. The molecule has 2 N–H and O–H groups in total. The molecule has 0 fully saturated rings. The summed E-state index contributed by atoms with van der Waals surface area (Å²) in [5.41, 5.74) is 0. The maximum absolute atomic E-state index is 11.8. The SMILES string of the molecule is CC(CCC(=O)O)CNS(=O)(=O)c1cn(C)cn1. The number of rotatable bonds is 7. The highest BCUT2D eigenvalue weighted by Crippen LogP contribution is 2.08. The Bertz CT molecular complexity index is 509. The average Bonchev–Trinajstić information content (AvgIpc) is 2.71. The molecule has 0 saturated heterocycles. The van der Waals surface area contributed by atoms with Crippen molar-refractivity contribution in [2.75, 3.05) is 6.54 Å². The number of imidazole rings is 1. The first kappa shape index (κ1) is 14.7. The fourth-order valence-electron chi connectivity index (χ4n) is 1.33. The molecule has 102 valence electrons. The molecule has 7 nitrogen and oxygen atoms in total. The Morgan fingerprint density at radius 3 is 2.78 bits per heavy atom. The van der Waals surface area contributed by atoms with Crippen LogP contribution in [0.5, 0.6) is 0 Å². The van der Waals surface area contributed by atoms with Crippen LogP contribution in [0.4, 0.5) is 0 Å². The van der Waals surface area contributed by atoms with Gasteiger partial charge >= 0.3 is 5.97 Å². The Kier molecular flexibility index (Phi) is 4.85. The van der Waals surface area contributed by atoms with Gasteiger partial charge in [-0.15, -0.1) is 0 Å². The van der Waals surface area contributed by atoms with Crippen LogP contribution in [-0.4, -0.2) is 35.6 Å². The van der Waals surface area contributed by atoms with E-state index in [1.807, 2.05) is 0 Å². The van der Waals surface area contributed by atoms with Crippen LogP contribution in [-0.2, 0) is 21.9 Å². The molecule has 0 amide bonds. The minimum absolute atomic E-state index is 0.0320. The number of hydrogen-bond acceptors (Lipinski definition) is 4. The van der Waals surface area contributed by atoms with Crippen LogP contribution >= 0.6 is 0 Å². The zero-order chi connectivity index (χ0) is 13.8. The maximum Gasteiger partial charge on any atom is 0.303 e. The first-order chi connectivity index (χ1) is 8.31. The van der Waals surface area contributed by atoms with Crippen LogP contribution in [0.15, 0.2) is 17.6 Å². The lowest BCUT2D eigenvalue weighted by Gasteiger charge is -2.10. The minimum atomic E-state index is -3.60. The lowest BCUT2D eigenvalue weighted by molar-refractivity contribution is -0.137. The first-order valence-corrected chi connectivity index (χ1v) is 6.99. The van der Waals surface area contributed by atoms with Crippen molar-refractivity contribution in [2.24, 2.45) is 13.0 Å². The molecule has 8 heteroatoms. The van der Waals surface area contributed by atoms with Gasteiger partial charge in [-0.1, -0.05) is 6.92 Å². The van der Waals surface area contributed by atoms with Crippen LogP contribution in [0, 0.1) is 5.92 Å². The second-order valence-corrected chi connectivity index (χ2v) is 5.98. The van der Waals surface area contributed by atoms with E-state index in [-0.39, 0.29) is 23.9 Å². The summed E-state index contributed by atoms with van der Waals surface area (Å²) in [4.78, 5) is 14.1. The summed E-state index contributed by atoms with van der Waals surface area (Å²) >= 11 is 0. The molecule has 1 aromatic heterocycles. The van der Waals surface area contributed by atoms with Gasteiger partial charge in [-0.05, 0) is 12.3 Å². The molecule has 1 unspecified atom stereocenters. The van der Waals surface area contributed by atoms with E-state index in [1.165, 1.54) is 12.5 Å². The molecule has 1 atom stereocenters. The average molecular weight is 275 g/mol. The van der Waals surface area contributed by atoms with Crippen LogP contribution in [0.2, 0.25) is 0 Å². The van der Waals surface area contributed by atoms with Crippen molar-refractivity contribution in [3.8, 4) is 0 Å². The number of sulfonamides is 1. The Balaban J connectivity index is 2.50. The van der Waals surface area contributed by atoms with Crippen molar-refractivity contribution in [3.05, 3.63) is 12.5 Å². The molecule has 0 aliphatic carbocycles. The summed E-state index contributed by atoms with van der Waals surface area (Å²) < 4.78 is 27.5. The lowest BCUT2D eigenvalue weighted by atomic mass is 10.1. The zero-order valence-corrected chi connectivity index (χ0v) is 11.1. The number of carboxylic acid groups (broad SMARTS) is 1. The summed E-state index contributed by atoms with van der Waals surface area (Å²) in [7, 11) is -1.92. The maximum atomic E-state index is 11.8. The lowest BCUT2D eigenvalue weighted by Crippen LogP contribution is -2.29. The fraction of sp³-hybridized carbons (Fsp3) is 0.600. The Morgan fingerprint density at radius 2 is 2.28 bits per heavy atom. The normalized spacial score (nSPS) is 13.4. The van der Waals surface area contributed by atoms with E-state index in [4.69, 9.17) is 5.11 Å². The molecular weight excluding hydrogens is 258 g/mol. The quantitative estimate of drug-likeness (QED) is 0.740. The molecule has 0 aliphatic heterocycles. The van der Waals surface area contributed by atoms with Gasteiger partial charge in [0.05, 0.1) is 6.33 Å². The summed E-state index contributed by atoms with van der Waals surface area (Å²) in [6.45, 7) is 2.00. The van der Waals surface area contributed by atoms with Crippen molar-refractivity contribution >= 4 is 16.0 Å². The Labute approximate surface area is 106 Å². The molecule has 1 heterocycles. The van der Waals surface area contributed by atoms with Gasteiger partial charge < -0.3 is 9.67 Å². The number of nitrogens with zero attached hydrogens (tertiary/aromatic N) is 2. The van der Waals surface area contributed by atoms with E-state index in [1.54, 1.807) is 18.5 Å². The second kappa shape index (κ2) is 5.96. The predicted octanol–water partition coefficient (Wildman–Crippen LogP) is 0.199. The largest absolute Gasteiger partial charge is 0.481 e. The van der Waals surface area contributed by atoms with Crippen molar-refractivity contribution in [1.29, 1.82) is 0 Å². The fourth-order valence-corrected chi connectivity index (χ4v) is 2.47. The molecule has 1 aromatic rings. The first-order valence-electron chi connectivity index (χ1n) is 5.50. The topological polar surface area (TPSA) is 101 Å². The van der Waals surface area contributed by atoms with E-state index >= 15 is 0 Å². The molecule has 0 aliphatic rings. The van der Waals surface area contributed by atoms with Crippen molar-refractivity contribution in [1.82, 2.24) is 14.3 Å². The van der Waals surface area contributed by atoms with E-state index < -0.39 is 16.0 Å². The van der Waals surface area contributed by atoms with Gasteiger partial charge in [-0.2, -0.15) is 0 Å². The highest BCUT2D eigenvalue weighted by atomic mass is 32.2. The smallest absolute Gasteiger partial charge is 0.303 e. The van der Waals surface area contributed by atoms with Gasteiger partial charge in [0.25, 0.3) is 10.0 Å². The monoisotopic (exact) mass is 275 g/mol. The summed E-state index contributed by atoms with van der Waals surface area (Å²) in [6.07, 6.45) is 3.28.